The van der Waals surface area contributed by atoms with E-state index in [9.17, 15) is 0 Å². The topological polar surface area (TPSA) is 0 Å². The number of thioether (sulfide) groups is 10. The monoisotopic (exact) mass is 538 g/mol. The molecule has 0 nitrogen and oxygen atoms in total. The molecular formula is C17H14S10. The molecule has 0 N–H and O–H groups in total. The zero-order valence-corrected chi connectivity index (χ0v) is 22.2. The van der Waals surface area contributed by atoms with Crippen molar-refractivity contribution in [1.29, 1.82) is 0 Å². The second-order valence-electron chi connectivity index (χ2n) is 6.22. The van der Waals surface area contributed by atoms with E-state index in [-0.39, 0.29) is 0 Å². The van der Waals surface area contributed by atoms with E-state index in [1.807, 2.05) is 70.6 Å². The summed E-state index contributed by atoms with van der Waals surface area (Å²) < 4.78 is 12.3. The van der Waals surface area contributed by atoms with Crippen LogP contribution in [0.25, 0.3) is 0 Å². The normalized spacial score (nSPS) is 28.4. The van der Waals surface area contributed by atoms with Crippen LogP contribution in [0.5, 0.6) is 0 Å². The van der Waals surface area contributed by atoms with Crippen LogP contribution in [0.4, 0.5) is 0 Å². The first-order valence-corrected chi connectivity index (χ1v) is 17.2. The molecule has 10 heteroatoms. The highest BCUT2D eigenvalue weighted by atomic mass is 32.3. The van der Waals surface area contributed by atoms with Gasteiger partial charge in [0, 0.05) is 21.3 Å². The highest BCUT2D eigenvalue weighted by Crippen LogP contribution is 2.73. The Balaban J connectivity index is 1.14. The van der Waals surface area contributed by atoms with E-state index in [1.54, 1.807) is 26.8 Å². The molecule has 5 aliphatic heterocycles. The second kappa shape index (κ2) is 8.62. The van der Waals surface area contributed by atoms with E-state index in [4.69, 9.17) is 0 Å². The lowest BCUT2D eigenvalue weighted by molar-refractivity contribution is 0.715. The molecule has 0 aromatic heterocycles. The summed E-state index contributed by atoms with van der Waals surface area (Å²) in [6.45, 7) is 0. The Bertz CT molecular complexity index is 812. The van der Waals surface area contributed by atoms with Gasteiger partial charge in [0.25, 0.3) is 0 Å². The van der Waals surface area contributed by atoms with E-state index in [0.717, 1.165) is 0 Å². The Hall–Kier alpha value is 2.20. The highest BCUT2D eigenvalue weighted by molar-refractivity contribution is 8.50. The molecule has 0 aromatic rings. The standard InChI is InChI=1S/C17H14S10/c1-2-4-8-9(5-3-1)21-12(20-8)13-24-16-17(25-13)27-15(26-16)14-22-10-11(23-14)19-7-6-18-10/h1-7H2. The fourth-order valence-corrected chi connectivity index (χ4v) is 18.9. The van der Waals surface area contributed by atoms with Crippen LogP contribution in [-0.2, 0) is 0 Å². The van der Waals surface area contributed by atoms with Crippen molar-refractivity contribution in [1.82, 2.24) is 0 Å². The minimum Gasteiger partial charge on any atom is -0.116 e. The van der Waals surface area contributed by atoms with Crippen molar-refractivity contribution in [3.8, 4) is 0 Å². The van der Waals surface area contributed by atoms with E-state index in [2.05, 4.69) is 47.0 Å². The first-order chi connectivity index (χ1) is 13.3. The van der Waals surface area contributed by atoms with Crippen molar-refractivity contribution in [2.24, 2.45) is 0 Å². The van der Waals surface area contributed by atoms with Crippen molar-refractivity contribution in [2.45, 2.75) is 32.1 Å². The Labute approximate surface area is 202 Å². The fraction of sp³-hybridized carbons (Fsp3) is 0.412. The molecule has 142 valence electrons. The zero-order chi connectivity index (χ0) is 17.8. The van der Waals surface area contributed by atoms with Crippen LogP contribution in [0.1, 0.15) is 32.1 Å². The number of rotatable bonds is 0. The molecule has 0 bridgehead atoms. The molecule has 6 aliphatic rings. The molecule has 0 saturated heterocycles. The zero-order valence-electron chi connectivity index (χ0n) is 14.0. The van der Waals surface area contributed by atoms with Gasteiger partial charge in [0.1, 0.15) is 0 Å². The summed E-state index contributed by atoms with van der Waals surface area (Å²) in [5.74, 6) is 2.54. The van der Waals surface area contributed by atoms with Crippen LogP contribution in [-0.4, -0.2) is 11.5 Å². The van der Waals surface area contributed by atoms with Crippen LogP contribution in [0.2, 0.25) is 0 Å². The van der Waals surface area contributed by atoms with Gasteiger partial charge in [-0.3, -0.25) is 0 Å². The van der Waals surface area contributed by atoms with Crippen LogP contribution >= 0.6 is 118 Å². The van der Waals surface area contributed by atoms with Crippen molar-refractivity contribution in [2.75, 3.05) is 11.5 Å². The van der Waals surface area contributed by atoms with Crippen molar-refractivity contribution in [3.05, 3.63) is 43.7 Å². The van der Waals surface area contributed by atoms with Gasteiger partial charge in [-0.15, -0.1) is 23.5 Å². The van der Waals surface area contributed by atoms with Crippen LogP contribution < -0.4 is 0 Å². The van der Waals surface area contributed by atoms with Crippen LogP contribution in [0.15, 0.2) is 43.7 Å². The van der Waals surface area contributed by atoms with Crippen molar-refractivity contribution in [3.63, 3.8) is 0 Å². The summed E-state index contributed by atoms with van der Waals surface area (Å²) in [5.41, 5.74) is 0. The highest BCUT2D eigenvalue weighted by Gasteiger charge is 2.37. The summed E-state index contributed by atoms with van der Waals surface area (Å²) in [6, 6.07) is 0. The maximum absolute atomic E-state index is 2.09. The largest absolute Gasteiger partial charge is 0.116 e. The van der Waals surface area contributed by atoms with E-state index >= 15 is 0 Å². The lowest BCUT2D eigenvalue weighted by atomic mass is 10.2. The van der Waals surface area contributed by atoms with Gasteiger partial charge >= 0.3 is 0 Å². The average Bonchev–Trinajstić information content (AvgIpc) is 3.40. The van der Waals surface area contributed by atoms with Crippen molar-refractivity contribution >= 4 is 118 Å². The molecule has 0 radical (unpaired) electrons. The third kappa shape index (κ3) is 4.04. The van der Waals surface area contributed by atoms with Gasteiger partial charge in [0.2, 0.25) is 0 Å². The molecule has 1 aliphatic carbocycles. The summed E-state index contributed by atoms with van der Waals surface area (Å²) in [7, 11) is 0. The Morgan fingerprint density at radius 3 is 1.19 bits per heavy atom. The predicted molar refractivity (Wildman–Crippen MR) is 144 cm³/mol. The van der Waals surface area contributed by atoms with E-state index in [1.165, 1.54) is 60.6 Å². The van der Waals surface area contributed by atoms with Gasteiger partial charge in [-0.05, 0) is 25.7 Å². The van der Waals surface area contributed by atoms with Crippen LogP contribution in [0, 0.1) is 0 Å². The van der Waals surface area contributed by atoms with Gasteiger partial charge in [0.15, 0.2) is 0 Å². The molecule has 0 saturated carbocycles. The molecule has 27 heavy (non-hydrogen) atoms. The third-order valence-electron chi connectivity index (χ3n) is 4.38. The predicted octanol–water partition coefficient (Wildman–Crippen LogP) is 10.1. The minimum absolute atomic E-state index is 1.27. The molecule has 0 spiro atoms. The lowest BCUT2D eigenvalue weighted by Crippen LogP contribution is -1.88. The van der Waals surface area contributed by atoms with Gasteiger partial charge in [-0.25, -0.2) is 0 Å². The molecule has 5 heterocycles. The second-order valence-corrected chi connectivity index (χ2v) is 18.8. The Morgan fingerprint density at radius 1 is 0.370 bits per heavy atom. The Kier molecular flexibility index (Phi) is 6.34. The third-order valence-corrected chi connectivity index (χ3v) is 19.6. The summed E-state index contributed by atoms with van der Waals surface area (Å²) in [4.78, 5) is 3.36. The van der Waals surface area contributed by atoms with Gasteiger partial charge in [-0.2, -0.15) is 0 Å². The molecule has 0 aromatic carbocycles. The molecule has 0 atom stereocenters. The first kappa shape index (κ1) is 19.9. The lowest BCUT2D eigenvalue weighted by Gasteiger charge is -2.08. The van der Waals surface area contributed by atoms with Gasteiger partial charge in [-0.1, -0.05) is 101 Å². The van der Waals surface area contributed by atoms with Crippen LogP contribution in [0.3, 0.4) is 0 Å². The Morgan fingerprint density at radius 2 is 0.741 bits per heavy atom. The van der Waals surface area contributed by atoms with Crippen molar-refractivity contribution < 1.29 is 0 Å². The van der Waals surface area contributed by atoms with Gasteiger partial charge < -0.3 is 0 Å². The fourth-order valence-electron chi connectivity index (χ4n) is 3.13. The molecule has 0 fully saturated rings. The maximum atomic E-state index is 2.09. The SMILES string of the molecule is C1CCC2=C(CC1)SC(=C1SC3=C(S1)SC(=C1SC4=C(SCCS4)S1)S3)S2. The molecule has 0 unspecified atom stereocenters. The molecular weight excluding hydrogens is 525 g/mol. The number of hydrogen-bond acceptors (Lipinski definition) is 10. The summed E-state index contributed by atoms with van der Waals surface area (Å²) in [5, 5.41) is 0. The first-order valence-electron chi connectivity index (χ1n) is 8.71. The van der Waals surface area contributed by atoms with Gasteiger partial charge in [0.05, 0.1) is 33.9 Å². The smallest absolute Gasteiger partial charge is 0.0718 e. The average molecular weight is 539 g/mol. The summed E-state index contributed by atoms with van der Waals surface area (Å²) >= 11 is 20.4. The van der Waals surface area contributed by atoms with E-state index in [0.29, 0.717) is 0 Å². The number of allylic oxidation sites excluding steroid dienone is 2. The minimum atomic E-state index is 1.27. The quantitative estimate of drug-likeness (QED) is 0.291. The molecule has 6 rings (SSSR count). The maximum Gasteiger partial charge on any atom is 0.0718 e. The van der Waals surface area contributed by atoms with E-state index < -0.39 is 0 Å². The molecule has 0 amide bonds. The summed E-state index contributed by atoms with van der Waals surface area (Å²) in [6.07, 6.45) is 6.81. The number of hydrogen-bond donors (Lipinski definition) is 0.